The number of aryl methyl sites for hydroxylation is 1. The van der Waals surface area contributed by atoms with E-state index in [1.165, 1.54) is 7.11 Å². The molecular formula is C22H25N3O4. The number of amides is 1. The van der Waals surface area contributed by atoms with Gasteiger partial charge in [0.25, 0.3) is 5.91 Å². The molecule has 1 fully saturated rings. The van der Waals surface area contributed by atoms with Crippen molar-refractivity contribution in [3.63, 3.8) is 0 Å². The van der Waals surface area contributed by atoms with Gasteiger partial charge in [-0.25, -0.2) is 9.79 Å². The Hall–Kier alpha value is -3.19. The van der Waals surface area contributed by atoms with Crippen LogP contribution in [0.2, 0.25) is 0 Å². The average Bonchev–Trinajstić information content (AvgIpc) is 3.25. The third-order valence-electron chi connectivity index (χ3n) is 4.54. The Morgan fingerprint density at radius 2 is 1.97 bits per heavy atom. The van der Waals surface area contributed by atoms with Crippen molar-refractivity contribution in [1.82, 2.24) is 5.32 Å². The predicted molar refractivity (Wildman–Crippen MR) is 111 cm³/mol. The Balaban J connectivity index is 1.78. The second-order valence-electron chi connectivity index (χ2n) is 6.85. The molecule has 1 aliphatic heterocycles. The lowest BCUT2D eigenvalue weighted by Gasteiger charge is -2.14. The van der Waals surface area contributed by atoms with Crippen LogP contribution < -0.4 is 10.6 Å². The summed E-state index contributed by atoms with van der Waals surface area (Å²) in [6.07, 6.45) is 2.00. The van der Waals surface area contributed by atoms with E-state index in [0.29, 0.717) is 29.3 Å². The zero-order chi connectivity index (χ0) is 20.6. The molecule has 0 saturated carbocycles. The fourth-order valence-electron chi connectivity index (χ4n) is 3.04. The van der Waals surface area contributed by atoms with Gasteiger partial charge in [-0.3, -0.25) is 10.1 Å². The molecular weight excluding hydrogens is 370 g/mol. The second kappa shape index (κ2) is 9.84. The highest BCUT2D eigenvalue weighted by molar-refractivity contribution is 6.10. The summed E-state index contributed by atoms with van der Waals surface area (Å²) in [5.41, 5.74) is 2.55. The number of hydrogen-bond donors (Lipinski definition) is 2. The summed E-state index contributed by atoms with van der Waals surface area (Å²) in [7, 11) is 1.33. The molecule has 0 aromatic heterocycles. The van der Waals surface area contributed by atoms with E-state index in [2.05, 4.69) is 15.6 Å². The van der Waals surface area contributed by atoms with Crippen molar-refractivity contribution in [3.05, 3.63) is 65.2 Å². The van der Waals surface area contributed by atoms with Crippen molar-refractivity contribution in [2.45, 2.75) is 25.9 Å². The number of rotatable bonds is 5. The Morgan fingerprint density at radius 1 is 1.17 bits per heavy atom. The number of hydrogen-bond acceptors (Lipinski definition) is 5. The molecule has 152 valence electrons. The van der Waals surface area contributed by atoms with Gasteiger partial charge in [0.2, 0.25) is 5.96 Å². The normalized spacial score (nSPS) is 16.3. The molecule has 0 radical (unpaired) electrons. The molecule has 7 heteroatoms. The highest BCUT2D eigenvalue weighted by atomic mass is 16.5. The van der Waals surface area contributed by atoms with E-state index in [0.717, 1.165) is 25.0 Å². The minimum absolute atomic E-state index is 0.0454. The number of anilines is 1. The van der Waals surface area contributed by atoms with Crippen LogP contribution in [0.3, 0.4) is 0 Å². The second-order valence-corrected chi connectivity index (χ2v) is 6.85. The van der Waals surface area contributed by atoms with Gasteiger partial charge in [-0.15, -0.1) is 0 Å². The first-order valence-corrected chi connectivity index (χ1v) is 9.54. The monoisotopic (exact) mass is 395 g/mol. The van der Waals surface area contributed by atoms with Gasteiger partial charge in [0.15, 0.2) is 0 Å². The van der Waals surface area contributed by atoms with Crippen molar-refractivity contribution in [3.8, 4) is 0 Å². The maximum atomic E-state index is 12.7. The Bertz CT molecular complexity index is 904. The number of nitrogens with one attached hydrogen (secondary N) is 2. The molecule has 0 spiro atoms. The fraction of sp³-hybridized carbons (Fsp3) is 0.318. The van der Waals surface area contributed by atoms with Gasteiger partial charge in [0, 0.05) is 17.9 Å². The Labute approximate surface area is 170 Å². The SMILES string of the molecule is COC(=O)c1cccc(NC(=NC[C@H]2CCCO2)NC(=O)c2cccc(C)c2)c1. The van der Waals surface area contributed by atoms with Crippen molar-refractivity contribution >= 4 is 23.5 Å². The zero-order valence-corrected chi connectivity index (χ0v) is 16.6. The van der Waals surface area contributed by atoms with Gasteiger partial charge >= 0.3 is 5.97 Å². The van der Waals surface area contributed by atoms with E-state index in [1.54, 1.807) is 30.3 Å². The standard InChI is InChI=1S/C22H25N3O4/c1-15-6-3-7-16(12-15)20(26)25-22(23-14-19-10-5-11-29-19)24-18-9-4-8-17(13-18)21(27)28-2/h3-4,6-9,12-13,19H,5,10-11,14H2,1-2H3,(H2,23,24,25,26)/t19-/m1/s1. The maximum Gasteiger partial charge on any atom is 0.337 e. The molecule has 1 atom stereocenters. The number of guanidine groups is 1. The number of aliphatic imine (C=N–C) groups is 1. The number of nitrogens with zero attached hydrogens (tertiary/aromatic N) is 1. The quantitative estimate of drug-likeness (QED) is 0.461. The van der Waals surface area contributed by atoms with E-state index in [4.69, 9.17) is 9.47 Å². The van der Waals surface area contributed by atoms with Crippen LogP contribution in [0, 0.1) is 6.92 Å². The first-order chi connectivity index (χ1) is 14.0. The van der Waals surface area contributed by atoms with Crippen LogP contribution in [0.4, 0.5) is 5.69 Å². The highest BCUT2D eigenvalue weighted by Crippen LogP contribution is 2.14. The van der Waals surface area contributed by atoms with Crippen LogP contribution in [-0.4, -0.2) is 44.2 Å². The molecule has 1 amide bonds. The van der Waals surface area contributed by atoms with Crippen LogP contribution in [0.15, 0.2) is 53.5 Å². The zero-order valence-electron chi connectivity index (χ0n) is 16.6. The van der Waals surface area contributed by atoms with E-state index >= 15 is 0 Å². The fourth-order valence-corrected chi connectivity index (χ4v) is 3.04. The summed E-state index contributed by atoms with van der Waals surface area (Å²) in [6.45, 7) is 3.10. The smallest absolute Gasteiger partial charge is 0.337 e. The molecule has 29 heavy (non-hydrogen) atoms. The van der Waals surface area contributed by atoms with E-state index < -0.39 is 5.97 Å². The lowest BCUT2D eigenvalue weighted by molar-refractivity contribution is 0.0600. The highest BCUT2D eigenvalue weighted by Gasteiger charge is 2.16. The molecule has 0 aliphatic carbocycles. The topological polar surface area (TPSA) is 89.0 Å². The third-order valence-corrected chi connectivity index (χ3v) is 4.54. The summed E-state index contributed by atoms with van der Waals surface area (Å²) >= 11 is 0. The van der Waals surface area contributed by atoms with E-state index in [-0.39, 0.29) is 12.0 Å². The lowest BCUT2D eigenvalue weighted by atomic mass is 10.1. The molecule has 0 bridgehead atoms. The number of ether oxygens (including phenoxy) is 2. The van der Waals surface area contributed by atoms with Gasteiger partial charge in [-0.05, 0) is 50.1 Å². The molecule has 2 aromatic rings. The van der Waals surface area contributed by atoms with Crippen molar-refractivity contribution in [2.75, 3.05) is 25.6 Å². The molecule has 1 aliphatic rings. The molecule has 7 nitrogen and oxygen atoms in total. The van der Waals surface area contributed by atoms with Crippen LogP contribution in [0.5, 0.6) is 0 Å². The van der Waals surface area contributed by atoms with Gasteiger partial charge in [0.1, 0.15) is 0 Å². The van der Waals surface area contributed by atoms with Crippen molar-refractivity contribution in [2.24, 2.45) is 4.99 Å². The molecule has 2 N–H and O–H groups in total. The predicted octanol–water partition coefficient (Wildman–Crippen LogP) is 3.16. The average molecular weight is 395 g/mol. The summed E-state index contributed by atoms with van der Waals surface area (Å²) in [4.78, 5) is 29.0. The van der Waals surface area contributed by atoms with Crippen LogP contribution >= 0.6 is 0 Å². The first kappa shape index (κ1) is 20.5. The van der Waals surface area contributed by atoms with Gasteiger partial charge in [-0.2, -0.15) is 0 Å². The van der Waals surface area contributed by atoms with Crippen LogP contribution in [0.1, 0.15) is 39.1 Å². The summed E-state index contributed by atoms with van der Waals surface area (Å²) in [5.74, 6) is -0.402. The molecule has 1 saturated heterocycles. The Morgan fingerprint density at radius 3 is 2.69 bits per heavy atom. The minimum Gasteiger partial charge on any atom is -0.465 e. The molecule has 2 aromatic carbocycles. The maximum absolute atomic E-state index is 12.7. The minimum atomic E-state index is -0.435. The Kier molecular flexibility index (Phi) is 6.97. The van der Waals surface area contributed by atoms with Gasteiger partial charge in [-0.1, -0.05) is 23.8 Å². The van der Waals surface area contributed by atoms with Crippen LogP contribution in [0.25, 0.3) is 0 Å². The van der Waals surface area contributed by atoms with Gasteiger partial charge < -0.3 is 14.8 Å². The molecule has 3 rings (SSSR count). The lowest BCUT2D eigenvalue weighted by Crippen LogP contribution is -2.36. The molecule has 1 heterocycles. The van der Waals surface area contributed by atoms with Crippen molar-refractivity contribution in [1.29, 1.82) is 0 Å². The summed E-state index contributed by atoms with van der Waals surface area (Å²) in [6, 6.07) is 14.1. The van der Waals surface area contributed by atoms with E-state index in [9.17, 15) is 9.59 Å². The third kappa shape index (κ3) is 5.89. The number of methoxy groups -OCH3 is 1. The number of carbonyl (C=O) groups excluding carboxylic acids is 2. The van der Waals surface area contributed by atoms with Gasteiger partial charge in [0.05, 0.1) is 25.3 Å². The summed E-state index contributed by atoms with van der Waals surface area (Å²) < 4.78 is 10.4. The number of benzene rings is 2. The number of esters is 1. The summed E-state index contributed by atoms with van der Waals surface area (Å²) in [5, 5.41) is 5.92. The van der Waals surface area contributed by atoms with Crippen molar-refractivity contribution < 1.29 is 19.1 Å². The largest absolute Gasteiger partial charge is 0.465 e. The van der Waals surface area contributed by atoms with E-state index in [1.807, 2.05) is 25.1 Å². The molecule has 0 unspecified atom stereocenters. The number of carbonyl (C=O) groups is 2. The van der Waals surface area contributed by atoms with Crippen LogP contribution in [-0.2, 0) is 9.47 Å². The first-order valence-electron chi connectivity index (χ1n) is 9.54.